The Balaban J connectivity index is 2.31. The zero-order valence-corrected chi connectivity index (χ0v) is 14.4. The molecule has 0 heterocycles. The Morgan fingerprint density at radius 2 is 1.58 bits per heavy atom. The molecule has 0 aliphatic carbocycles. The zero-order chi connectivity index (χ0) is 19.3. The Hall–Kier alpha value is -2.96. The lowest BCUT2D eigenvalue weighted by atomic mass is 10.1. The van der Waals surface area contributed by atoms with Gasteiger partial charge in [0.1, 0.15) is 0 Å². The van der Waals surface area contributed by atoms with E-state index in [1.807, 2.05) is 0 Å². The van der Waals surface area contributed by atoms with Gasteiger partial charge in [-0.2, -0.15) is 13.2 Å². The van der Waals surface area contributed by atoms with Gasteiger partial charge in [0.05, 0.1) is 26.9 Å². The van der Waals surface area contributed by atoms with E-state index in [-0.39, 0.29) is 11.1 Å². The van der Waals surface area contributed by atoms with Gasteiger partial charge in [0.25, 0.3) is 0 Å². The van der Waals surface area contributed by atoms with Gasteiger partial charge in [-0.1, -0.05) is 18.2 Å². The van der Waals surface area contributed by atoms with Crippen LogP contribution in [0, 0.1) is 0 Å². The monoisotopic (exact) mass is 366 g/mol. The SMILES string of the molecule is COc1cc(C(=O)/C=C/c2cccc(C(F)(F)F)c2)cc(OC)c1OC. The van der Waals surface area contributed by atoms with Crippen molar-refractivity contribution in [2.45, 2.75) is 6.18 Å². The maximum atomic E-state index is 12.7. The lowest BCUT2D eigenvalue weighted by molar-refractivity contribution is -0.137. The van der Waals surface area contributed by atoms with Gasteiger partial charge in [0, 0.05) is 5.56 Å². The predicted molar refractivity (Wildman–Crippen MR) is 90.9 cm³/mol. The van der Waals surface area contributed by atoms with Crippen molar-refractivity contribution >= 4 is 11.9 Å². The number of hydrogen-bond donors (Lipinski definition) is 0. The minimum Gasteiger partial charge on any atom is -0.493 e. The molecule has 0 aliphatic heterocycles. The molecule has 0 saturated heterocycles. The lowest BCUT2D eigenvalue weighted by Gasteiger charge is -2.13. The van der Waals surface area contributed by atoms with Gasteiger partial charge in [-0.05, 0) is 35.9 Å². The van der Waals surface area contributed by atoms with E-state index in [1.165, 1.54) is 57.7 Å². The molecule has 0 aromatic heterocycles. The fourth-order valence-electron chi connectivity index (χ4n) is 2.31. The molecule has 7 heteroatoms. The molecule has 0 radical (unpaired) electrons. The van der Waals surface area contributed by atoms with Crippen LogP contribution in [0.2, 0.25) is 0 Å². The summed E-state index contributed by atoms with van der Waals surface area (Å²) in [7, 11) is 4.28. The fraction of sp³-hybridized carbons (Fsp3) is 0.211. The summed E-state index contributed by atoms with van der Waals surface area (Å²) in [5, 5.41) is 0. The number of benzene rings is 2. The van der Waals surface area contributed by atoms with Crippen LogP contribution in [0.25, 0.3) is 6.08 Å². The van der Waals surface area contributed by atoms with E-state index in [0.717, 1.165) is 12.1 Å². The van der Waals surface area contributed by atoms with Crippen molar-refractivity contribution in [2.75, 3.05) is 21.3 Å². The first-order valence-corrected chi connectivity index (χ1v) is 7.49. The number of methoxy groups -OCH3 is 3. The molecule has 2 aromatic carbocycles. The Bertz CT molecular complexity index is 801. The Kier molecular flexibility index (Phi) is 5.92. The number of ketones is 1. The highest BCUT2D eigenvalue weighted by Gasteiger charge is 2.30. The predicted octanol–water partition coefficient (Wildman–Crippen LogP) is 4.63. The maximum Gasteiger partial charge on any atom is 0.416 e. The zero-order valence-electron chi connectivity index (χ0n) is 14.4. The number of carbonyl (C=O) groups is 1. The minimum absolute atomic E-state index is 0.253. The second-order valence-electron chi connectivity index (χ2n) is 5.23. The molecule has 0 amide bonds. The van der Waals surface area contributed by atoms with E-state index >= 15 is 0 Å². The van der Waals surface area contributed by atoms with Crippen molar-refractivity contribution in [1.29, 1.82) is 0 Å². The van der Waals surface area contributed by atoms with Crippen molar-refractivity contribution in [3.8, 4) is 17.2 Å². The van der Waals surface area contributed by atoms with Crippen LogP contribution in [0.1, 0.15) is 21.5 Å². The van der Waals surface area contributed by atoms with Crippen molar-refractivity contribution in [3.05, 3.63) is 59.2 Å². The van der Waals surface area contributed by atoms with Crippen LogP contribution >= 0.6 is 0 Å². The van der Waals surface area contributed by atoms with E-state index in [4.69, 9.17) is 14.2 Å². The van der Waals surface area contributed by atoms with Gasteiger partial charge in [-0.15, -0.1) is 0 Å². The van der Waals surface area contributed by atoms with Crippen molar-refractivity contribution in [1.82, 2.24) is 0 Å². The number of alkyl halides is 3. The molecule has 0 spiro atoms. The average molecular weight is 366 g/mol. The van der Waals surface area contributed by atoms with Gasteiger partial charge in [0.15, 0.2) is 17.3 Å². The molecule has 0 aliphatic rings. The number of allylic oxidation sites excluding steroid dienone is 1. The Morgan fingerprint density at radius 1 is 0.962 bits per heavy atom. The molecule has 2 aromatic rings. The van der Waals surface area contributed by atoms with E-state index in [1.54, 1.807) is 0 Å². The summed E-state index contributed by atoms with van der Waals surface area (Å²) in [6, 6.07) is 7.65. The lowest BCUT2D eigenvalue weighted by Crippen LogP contribution is -2.04. The quantitative estimate of drug-likeness (QED) is 0.552. The summed E-state index contributed by atoms with van der Waals surface area (Å²) in [5.74, 6) is 0.542. The highest BCUT2D eigenvalue weighted by Crippen LogP contribution is 2.38. The van der Waals surface area contributed by atoms with Gasteiger partial charge in [0.2, 0.25) is 5.75 Å². The molecule has 0 fully saturated rings. The molecular formula is C19H17F3O4. The van der Waals surface area contributed by atoms with Crippen LogP contribution in [0.5, 0.6) is 17.2 Å². The summed E-state index contributed by atoms with van der Waals surface area (Å²) in [5.41, 5.74) is -0.261. The second-order valence-corrected chi connectivity index (χ2v) is 5.23. The van der Waals surface area contributed by atoms with Crippen LogP contribution in [0.4, 0.5) is 13.2 Å². The van der Waals surface area contributed by atoms with Crippen LogP contribution < -0.4 is 14.2 Å². The summed E-state index contributed by atoms with van der Waals surface area (Å²) in [6.07, 6.45) is -1.93. The average Bonchev–Trinajstić information content (AvgIpc) is 2.64. The molecule has 0 unspecified atom stereocenters. The molecule has 138 valence electrons. The molecule has 2 rings (SSSR count). The number of rotatable bonds is 6. The first-order valence-electron chi connectivity index (χ1n) is 7.49. The number of ether oxygens (including phenoxy) is 3. The van der Waals surface area contributed by atoms with Crippen LogP contribution in [-0.2, 0) is 6.18 Å². The largest absolute Gasteiger partial charge is 0.493 e. The maximum absolute atomic E-state index is 12.7. The van der Waals surface area contributed by atoms with Crippen LogP contribution in [-0.4, -0.2) is 27.1 Å². The van der Waals surface area contributed by atoms with E-state index < -0.39 is 17.5 Å². The summed E-state index contributed by atoms with van der Waals surface area (Å²) in [6.45, 7) is 0. The summed E-state index contributed by atoms with van der Waals surface area (Å²) in [4.78, 5) is 12.4. The smallest absolute Gasteiger partial charge is 0.416 e. The fourth-order valence-corrected chi connectivity index (χ4v) is 2.31. The highest BCUT2D eigenvalue weighted by atomic mass is 19.4. The van der Waals surface area contributed by atoms with Gasteiger partial charge >= 0.3 is 6.18 Å². The third-order valence-electron chi connectivity index (χ3n) is 3.59. The first-order chi connectivity index (χ1) is 12.3. The minimum atomic E-state index is -4.44. The van der Waals surface area contributed by atoms with Crippen LogP contribution in [0.3, 0.4) is 0 Å². The normalized spacial score (nSPS) is 11.5. The van der Waals surface area contributed by atoms with E-state index in [9.17, 15) is 18.0 Å². The number of hydrogen-bond acceptors (Lipinski definition) is 4. The van der Waals surface area contributed by atoms with E-state index in [0.29, 0.717) is 17.2 Å². The Labute approximate surface area is 148 Å². The third-order valence-corrected chi connectivity index (χ3v) is 3.59. The molecule has 0 atom stereocenters. The van der Waals surface area contributed by atoms with Gasteiger partial charge in [-0.3, -0.25) is 4.79 Å². The van der Waals surface area contributed by atoms with Gasteiger partial charge < -0.3 is 14.2 Å². The van der Waals surface area contributed by atoms with Crippen LogP contribution in [0.15, 0.2) is 42.5 Å². The second kappa shape index (κ2) is 7.95. The molecular weight excluding hydrogens is 349 g/mol. The molecule has 0 N–H and O–H groups in total. The molecule has 26 heavy (non-hydrogen) atoms. The summed E-state index contributed by atoms with van der Waals surface area (Å²) >= 11 is 0. The topological polar surface area (TPSA) is 44.8 Å². The first kappa shape index (κ1) is 19.4. The summed E-state index contributed by atoms with van der Waals surface area (Å²) < 4.78 is 53.8. The third kappa shape index (κ3) is 4.36. The molecule has 0 saturated carbocycles. The number of halogens is 3. The van der Waals surface area contributed by atoms with Gasteiger partial charge in [-0.25, -0.2) is 0 Å². The number of carbonyl (C=O) groups excluding carboxylic acids is 1. The Morgan fingerprint density at radius 3 is 2.08 bits per heavy atom. The van der Waals surface area contributed by atoms with Crippen molar-refractivity contribution in [2.24, 2.45) is 0 Å². The van der Waals surface area contributed by atoms with Crippen molar-refractivity contribution < 1.29 is 32.2 Å². The molecule has 0 bridgehead atoms. The molecule has 4 nitrogen and oxygen atoms in total. The standard InChI is InChI=1S/C19H17F3O4/c1-24-16-10-13(11-17(25-2)18(16)26-3)15(23)8-7-12-5-4-6-14(9-12)19(20,21)22/h4-11H,1-3H3/b8-7+. The highest BCUT2D eigenvalue weighted by molar-refractivity contribution is 6.07. The van der Waals surface area contributed by atoms with E-state index in [2.05, 4.69) is 0 Å². The van der Waals surface area contributed by atoms with Crippen molar-refractivity contribution in [3.63, 3.8) is 0 Å².